The molecule has 40 heavy (non-hydrogen) atoms. The molecule has 0 aromatic heterocycles. The molecular formula is C31H42BrN3O5. The second-order valence-corrected chi connectivity index (χ2v) is 12.7. The number of para-hydroxylation sites is 1. The number of hydrogen-bond acceptors (Lipinski definition) is 5. The van der Waals surface area contributed by atoms with Crippen molar-refractivity contribution in [3.63, 3.8) is 0 Å². The lowest BCUT2D eigenvalue weighted by atomic mass is 9.70. The summed E-state index contributed by atoms with van der Waals surface area (Å²) in [5.41, 5.74) is -0.492. The van der Waals surface area contributed by atoms with Gasteiger partial charge in [-0.2, -0.15) is 0 Å². The van der Waals surface area contributed by atoms with Gasteiger partial charge in [0.1, 0.15) is 11.6 Å². The molecule has 3 amide bonds. The van der Waals surface area contributed by atoms with Gasteiger partial charge in [0.15, 0.2) is 0 Å². The Balaban J connectivity index is 1.85. The second-order valence-electron chi connectivity index (χ2n) is 11.5. The van der Waals surface area contributed by atoms with Gasteiger partial charge in [-0.1, -0.05) is 66.5 Å². The van der Waals surface area contributed by atoms with E-state index in [9.17, 15) is 19.5 Å². The number of alkyl halides is 1. The number of halogens is 1. The molecule has 2 bridgehead atoms. The van der Waals surface area contributed by atoms with Gasteiger partial charge in [0, 0.05) is 29.6 Å². The Labute approximate surface area is 246 Å². The van der Waals surface area contributed by atoms with Crippen molar-refractivity contribution in [3.05, 3.63) is 55.6 Å². The van der Waals surface area contributed by atoms with Crippen LogP contribution in [0.2, 0.25) is 0 Å². The molecule has 9 heteroatoms. The third-order valence-electron chi connectivity index (χ3n) is 8.97. The second kappa shape index (κ2) is 12.2. The first-order chi connectivity index (χ1) is 19.1. The van der Waals surface area contributed by atoms with E-state index >= 15 is 0 Å². The SMILES string of the molecule is C=CCN(C(=O)[C@H]1[C@@H]2OC3(CC2Br)C(C(=O)N(CC=C)C(C)C)N([C@@H](CO)[C@@H](C)CC)C(=O)[C@H]13)c1ccccc1. The van der Waals surface area contributed by atoms with E-state index < -0.39 is 35.6 Å². The van der Waals surface area contributed by atoms with E-state index in [0.29, 0.717) is 25.1 Å². The number of likely N-dealkylation sites (tertiary alicyclic amines) is 1. The summed E-state index contributed by atoms with van der Waals surface area (Å²) in [5.74, 6) is -2.49. The van der Waals surface area contributed by atoms with Gasteiger partial charge in [-0.05, 0) is 38.3 Å². The van der Waals surface area contributed by atoms with Gasteiger partial charge in [-0.25, -0.2) is 0 Å². The van der Waals surface area contributed by atoms with E-state index in [1.165, 1.54) is 0 Å². The maximum absolute atomic E-state index is 14.5. The predicted octanol–water partition coefficient (Wildman–Crippen LogP) is 3.78. The smallest absolute Gasteiger partial charge is 0.248 e. The number of aliphatic hydroxyl groups is 1. The van der Waals surface area contributed by atoms with Crippen LogP contribution in [0.5, 0.6) is 0 Å². The standard InChI is InChI=1S/C31H42BrN3O5/c1-7-15-33(19(4)5)30(39)27-31-17-22(32)26(40-31)24(25(31)29(38)35(27)23(18-36)20(6)9-3)28(37)34(16-8-2)21-13-11-10-12-14-21/h7-8,10-14,19-20,22-27,36H,1-2,9,15-18H2,3-6H3/t20-,22?,23-,24+,25-,26+,27?,31?/m0/s1. The molecule has 8 nitrogen and oxygen atoms in total. The van der Waals surface area contributed by atoms with Crippen molar-refractivity contribution in [2.24, 2.45) is 17.8 Å². The van der Waals surface area contributed by atoms with Crippen molar-refractivity contribution in [1.82, 2.24) is 9.80 Å². The minimum Gasteiger partial charge on any atom is -0.394 e. The Bertz CT molecular complexity index is 1130. The topological polar surface area (TPSA) is 90.4 Å². The fraction of sp³-hybridized carbons (Fsp3) is 0.581. The molecule has 1 spiro atoms. The quantitative estimate of drug-likeness (QED) is 0.285. The molecule has 0 saturated carbocycles. The fourth-order valence-electron chi connectivity index (χ4n) is 6.89. The van der Waals surface area contributed by atoms with Crippen LogP contribution in [0, 0.1) is 17.8 Å². The summed E-state index contributed by atoms with van der Waals surface area (Å²) in [4.78, 5) is 48.0. The molecule has 3 fully saturated rings. The minimum absolute atomic E-state index is 0.0703. The van der Waals surface area contributed by atoms with Crippen LogP contribution in [-0.2, 0) is 19.1 Å². The highest BCUT2D eigenvalue weighted by atomic mass is 79.9. The zero-order chi connectivity index (χ0) is 29.4. The molecule has 218 valence electrons. The number of amides is 3. The maximum atomic E-state index is 14.5. The van der Waals surface area contributed by atoms with Crippen LogP contribution in [0.15, 0.2) is 55.6 Å². The molecule has 1 aromatic rings. The zero-order valence-electron chi connectivity index (χ0n) is 23.9. The Morgan fingerprint density at radius 1 is 1.18 bits per heavy atom. The van der Waals surface area contributed by atoms with Gasteiger partial charge in [0.05, 0.1) is 30.6 Å². The Morgan fingerprint density at radius 2 is 1.82 bits per heavy atom. The number of ether oxygens (including phenoxy) is 1. The number of anilines is 1. The largest absolute Gasteiger partial charge is 0.394 e. The van der Waals surface area contributed by atoms with Crippen molar-refractivity contribution in [2.45, 2.75) is 75.2 Å². The first-order valence-electron chi connectivity index (χ1n) is 14.2. The lowest BCUT2D eigenvalue weighted by molar-refractivity contribution is -0.153. The number of hydrogen-bond donors (Lipinski definition) is 1. The van der Waals surface area contributed by atoms with Crippen LogP contribution in [0.4, 0.5) is 5.69 Å². The normalized spacial score (nSPS) is 30.2. The van der Waals surface area contributed by atoms with Gasteiger partial charge in [-0.3, -0.25) is 14.4 Å². The third kappa shape index (κ3) is 4.84. The lowest BCUT2D eigenvalue weighted by Crippen LogP contribution is -2.60. The molecule has 3 saturated heterocycles. The highest BCUT2D eigenvalue weighted by Crippen LogP contribution is 2.61. The van der Waals surface area contributed by atoms with Crippen molar-refractivity contribution in [2.75, 3.05) is 24.6 Å². The summed E-state index contributed by atoms with van der Waals surface area (Å²) in [5, 5.41) is 10.5. The number of rotatable bonds is 12. The third-order valence-corrected chi connectivity index (χ3v) is 9.81. The van der Waals surface area contributed by atoms with Gasteiger partial charge in [0.25, 0.3) is 0 Å². The van der Waals surface area contributed by atoms with Crippen LogP contribution >= 0.6 is 15.9 Å². The summed E-state index contributed by atoms with van der Waals surface area (Å²) in [6.45, 7) is 15.8. The summed E-state index contributed by atoms with van der Waals surface area (Å²) >= 11 is 3.75. The highest BCUT2D eigenvalue weighted by molar-refractivity contribution is 9.09. The number of carbonyl (C=O) groups is 3. The monoisotopic (exact) mass is 615 g/mol. The van der Waals surface area contributed by atoms with Crippen molar-refractivity contribution in [3.8, 4) is 0 Å². The lowest BCUT2D eigenvalue weighted by Gasteiger charge is -2.41. The predicted molar refractivity (Wildman–Crippen MR) is 159 cm³/mol. The molecule has 8 atom stereocenters. The molecule has 3 heterocycles. The van der Waals surface area contributed by atoms with Crippen molar-refractivity contribution < 1.29 is 24.2 Å². The summed E-state index contributed by atoms with van der Waals surface area (Å²) in [7, 11) is 0. The summed E-state index contributed by atoms with van der Waals surface area (Å²) < 4.78 is 6.71. The average molecular weight is 617 g/mol. The van der Waals surface area contributed by atoms with E-state index in [-0.39, 0.29) is 47.7 Å². The van der Waals surface area contributed by atoms with Gasteiger partial charge >= 0.3 is 0 Å². The van der Waals surface area contributed by atoms with Gasteiger partial charge < -0.3 is 24.5 Å². The number of benzene rings is 1. The van der Waals surface area contributed by atoms with Crippen LogP contribution in [-0.4, -0.2) is 87.0 Å². The highest BCUT2D eigenvalue weighted by Gasteiger charge is 2.77. The van der Waals surface area contributed by atoms with E-state index in [0.717, 1.165) is 0 Å². The molecule has 3 aliphatic heterocycles. The van der Waals surface area contributed by atoms with E-state index in [1.807, 2.05) is 58.0 Å². The summed E-state index contributed by atoms with van der Waals surface area (Å²) in [6.07, 6.45) is 3.89. The van der Waals surface area contributed by atoms with Gasteiger partial charge in [0.2, 0.25) is 17.7 Å². The van der Waals surface area contributed by atoms with E-state index in [1.54, 1.807) is 26.9 Å². The molecular weight excluding hydrogens is 574 g/mol. The fourth-order valence-corrected chi connectivity index (χ4v) is 7.83. The maximum Gasteiger partial charge on any atom is 0.248 e. The molecule has 4 rings (SSSR count). The Kier molecular flexibility index (Phi) is 9.27. The van der Waals surface area contributed by atoms with Gasteiger partial charge in [-0.15, -0.1) is 13.2 Å². The first-order valence-corrected chi connectivity index (χ1v) is 15.1. The molecule has 3 aliphatic rings. The van der Waals surface area contributed by atoms with E-state index in [4.69, 9.17) is 4.74 Å². The average Bonchev–Trinajstić information content (AvgIpc) is 3.53. The number of carbonyl (C=O) groups excluding carboxylic acids is 3. The van der Waals surface area contributed by atoms with Crippen LogP contribution in [0.1, 0.15) is 40.5 Å². The minimum atomic E-state index is -1.20. The number of nitrogens with zero attached hydrogens (tertiary/aromatic N) is 3. The van der Waals surface area contributed by atoms with E-state index in [2.05, 4.69) is 29.1 Å². The van der Waals surface area contributed by atoms with Crippen molar-refractivity contribution >= 4 is 39.3 Å². The molecule has 1 aromatic carbocycles. The molecule has 0 radical (unpaired) electrons. The Morgan fingerprint density at radius 3 is 2.38 bits per heavy atom. The number of fused-ring (bicyclic) bond motifs is 1. The molecule has 0 aliphatic carbocycles. The van der Waals surface area contributed by atoms with Crippen LogP contribution in [0.25, 0.3) is 0 Å². The molecule has 1 N–H and O–H groups in total. The summed E-state index contributed by atoms with van der Waals surface area (Å²) in [6, 6.07) is 7.61. The Hall–Kier alpha value is -2.49. The van der Waals surface area contributed by atoms with Crippen LogP contribution < -0.4 is 4.90 Å². The number of aliphatic hydroxyl groups excluding tert-OH is 1. The van der Waals surface area contributed by atoms with Crippen LogP contribution in [0.3, 0.4) is 0 Å². The zero-order valence-corrected chi connectivity index (χ0v) is 25.5. The molecule has 3 unspecified atom stereocenters. The van der Waals surface area contributed by atoms with Crippen molar-refractivity contribution in [1.29, 1.82) is 0 Å². The first kappa shape index (κ1) is 30.5.